The highest BCUT2D eigenvalue weighted by molar-refractivity contribution is 5.73. The number of benzene rings is 1. The van der Waals surface area contributed by atoms with E-state index >= 15 is 0 Å². The van der Waals surface area contributed by atoms with Gasteiger partial charge in [-0.05, 0) is 39.5 Å². The molecule has 3 aromatic rings. The van der Waals surface area contributed by atoms with Gasteiger partial charge in [-0.3, -0.25) is 4.90 Å². The van der Waals surface area contributed by atoms with Crippen molar-refractivity contribution in [2.24, 2.45) is 0 Å². The van der Waals surface area contributed by atoms with Gasteiger partial charge in [0.05, 0.1) is 12.2 Å². The second kappa shape index (κ2) is 8.84. The number of rotatable bonds is 7. The van der Waals surface area contributed by atoms with Crippen LogP contribution in [0.5, 0.6) is 0 Å². The number of hydrogen-bond donors (Lipinski definition) is 0. The lowest BCUT2D eigenvalue weighted by atomic mass is 10.0. The first-order valence-electron chi connectivity index (χ1n) is 10.4. The molecule has 0 spiro atoms. The van der Waals surface area contributed by atoms with Gasteiger partial charge in [-0.2, -0.15) is 5.10 Å². The molecular weight excluding hydrogens is 360 g/mol. The van der Waals surface area contributed by atoms with E-state index in [2.05, 4.69) is 77.2 Å². The molecule has 1 aliphatic heterocycles. The van der Waals surface area contributed by atoms with E-state index in [-0.39, 0.29) is 0 Å². The maximum Gasteiger partial charge on any atom is 0.177 e. The van der Waals surface area contributed by atoms with Crippen LogP contribution in [0.4, 0.5) is 0 Å². The van der Waals surface area contributed by atoms with Gasteiger partial charge in [-0.1, -0.05) is 42.0 Å². The highest BCUT2D eigenvalue weighted by Gasteiger charge is 2.29. The molecule has 152 valence electrons. The Labute approximate surface area is 172 Å². The molecule has 1 fully saturated rings. The molecule has 1 aromatic carbocycles. The van der Waals surface area contributed by atoms with Crippen LogP contribution < -0.4 is 0 Å². The zero-order valence-electron chi connectivity index (χ0n) is 17.6. The normalized spacial score (nSPS) is 18.2. The van der Waals surface area contributed by atoms with E-state index in [0.717, 1.165) is 56.0 Å². The second-order valence-electron chi connectivity index (χ2n) is 8.26. The maximum atomic E-state index is 4.95. The predicted octanol–water partition coefficient (Wildman–Crippen LogP) is 3.28. The van der Waals surface area contributed by atoms with E-state index in [1.165, 1.54) is 11.1 Å². The van der Waals surface area contributed by atoms with Crippen LogP contribution in [-0.2, 0) is 6.54 Å². The van der Waals surface area contributed by atoms with Crippen molar-refractivity contribution in [1.29, 1.82) is 0 Å². The van der Waals surface area contributed by atoms with Crippen LogP contribution in [-0.4, -0.2) is 69.8 Å². The Balaban J connectivity index is 1.47. The molecule has 2 aromatic heterocycles. The molecule has 1 unspecified atom stereocenters. The maximum absolute atomic E-state index is 4.95. The SMILES string of the molecule is C/C(=C\c1ccccc1)CN1CCC(c2nn(CCN(C)C)c3nccnc23)C1. The molecule has 6 heteroatoms. The topological polar surface area (TPSA) is 50.1 Å². The average molecular weight is 391 g/mol. The second-order valence-corrected chi connectivity index (χ2v) is 8.26. The van der Waals surface area contributed by atoms with Crippen molar-refractivity contribution in [3.63, 3.8) is 0 Å². The molecule has 1 saturated heterocycles. The third-order valence-corrected chi connectivity index (χ3v) is 5.50. The predicted molar refractivity (Wildman–Crippen MR) is 118 cm³/mol. The van der Waals surface area contributed by atoms with Crippen molar-refractivity contribution in [1.82, 2.24) is 29.5 Å². The molecule has 0 bridgehead atoms. The monoisotopic (exact) mass is 390 g/mol. The summed E-state index contributed by atoms with van der Waals surface area (Å²) in [5.41, 5.74) is 5.64. The average Bonchev–Trinajstić information content (AvgIpc) is 3.31. The van der Waals surface area contributed by atoms with Crippen molar-refractivity contribution in [3.05, 3.63) is 59.6 Å². The molecule has 1 atom stereocenters. The van der Waals surface area contributed by atoms with Crippen LogP contribution in [0.1, 0.15) is 30.5 Å². The van der Waals surface area contributed by atoms with E-state index in [0.29, 0.717) is 5.92 Å². The smallest absolute Gasteiger partial charge is 0.177 e. The fraction of sp³-hybridized carbons (Fsp3) is 0.435. The van der Waals surface area contributed by atoms with Crippen molar-refractivity contribution >= 4 is 17.2 Å². The van der Waals surface area contributed by atoms with Crippen LogP contribution in [0.15, 0.2) is 48.3 Å². The van der Waals surface area contributed by atoms with Crippen molar-refractivity contribution in [3.8, 4) is 0 Å². The third-order valence-electron chi connectivity index (χ3n) is 5.50. The summed E-state index contributed by atoms with van der Waals surface area (Å²) in [6.07, 6.45) is 6.95. The molecule has 0 amide bonds. The summed E-state index contributed by atoms with van der Waals surface area (Å²) in [6, 6.07) is 10.5. The van der Waals surface area contributed by atoms with E-state index in [9.17, 15) is 0 Å². The minimum absolute atomic E-state index is 0.416. The Morgan fingerprint density at radius 1 is 1.17 bits per heavy atom. The molecule has 0 aliphatic carbocycles. The summed E-state index contributed by atoms with van der Waals surface area (Å²) in [7, 11) is 4.16. The fourth-order valence-electron chi connectivity index (χ4n) is 4.08. The first-order valence-corrected chi connectivity index (χ1v) is 10.4. The molecule has 0 saturated carbocycles. The molecule has 3 heterocycles. The summed E-state index contributed by atoms with van der Waals surface area (Å²) in [6.45, 7) is 7.10. The highest BCUT2D eigenvalue weighted by atomic mass is 15.3. The Bertz CT molecular complexity index is 975. The van der Waals surface area contributed by atoms with E-state index in [4.69, 9.17) is 5.10 Å². The lowest BCUT2D eigenvalue weighted by Crippen LogP contribution is -2.22. The van der Waals surface area contributed by atoms with Gasteiger partial charge in [-0.15, -0.1) is 0 Å². The quantitative estimate of drug-likeness (QED) is 0.620. The number of likely N-dealkylation sites (N-methyl/N-ethyl adjacent to an activating group) is 1. The Morgan fingerprint density at radius 3 is 2.76 bits per heavy atom. The van der Waals surface area contributed by atoms with Gasteiger partial charge in [-0.25, -0.2) is 14.6 Å². The van der Waals surface area contributed by atoms with E-state index < -0.39 is 0 Å². The highest BCUT2D eigenvalue weighted by Crippen LogP contribution is 2.30. The molecule has 6 nitrogen and oxygen atoms in total. The number of aromatic nitrogens is 4. The Hall–Kier alpha value is -2.57. The number of fused-ring (bicyclic) bond motifs is 1. The fourth-order valence-corrected chi connectivity index (χ4v) is 4.08. The zero-order chi connectivity index (χ0) is 20.2. The van der Waals surface area contributed by atoms with Crippen LogP contribution in [0.3, 0.4) is 0 Å². The van der Waals surface area contributed by atoms with Gasteiger partial charge in [0.1, 0.15) is 5.52 Å². The van der Waals surface area contributed by atoms with Gasteiger partial charge in [0.15, 0.2) is 5.65 Å². The van der Waals surface area contributed by atoms with Crippen molar-refractivity contribution in [2.75, 3.05) is 40.3 Å². The Kier molecular flexibility index (Phi) is 6.02. The molecule has 0 N–H and O–H groups in total. The summed E-state index contributed by atoms with van der Waals surface area (Å²) in [5, 5.41) is 4.95. The van der Waals surface area contributed by atoms with Crippen LogP contribution in [0.2, 0.25) is 0 Å². The first kappa shape index (κ1) is 19.7. The van der Waals surface area contributed by atoms with Crippen LogP contribution >= 0.6 is 0 Å². The van der Waals surface area contributed by atoms with E-state index in [1.807, 2.05) is 4.68 Å². The van der Waals surface area contributed by atoms with Gasteiger partial charge < -0.3 is 4.90 Å². The third kappa shape index (κ3) is 4.71. The minimum atomic E-state index is 0.416. The van der Waals surface area contributed by atoms with Crippen molar-refractivity contribution in [2.45, 2.75) is 25.8 Å². The largest absolute Gasteiger partial charge is 0.308 e. The molecule has 0 radical (unpaired) electrons. The summed E-state index contributed by atoms with van der Waals surface area (Å²) < 4.78 is 2.03. The molecular formula is C23H30N6. The summed E-state index contributed by atoms with van der Waals surface area (Å²) in [5.74, 6) is 0.416. The lowest BCUT2D eigenvalue weighted by Gasteiger charge is -2.16. The Morgan fingerprint density at radius 2 is 1.97 bits per heavy atom. The van der Waals surface area contributed by atoms with Crippen LogP contribution in [0, 0.1) is 0 Å². The van der Waals surface area contributed by atoms with Crippen molar-refractivity contribution < 1.29 is 0 Å². The van der Waals surface area contributed by atoms with Gasteiger partial charge in [0, 0.05) is 37.9 Å². The number of hydrogen-bond acceptors (Lipinski definition) is 5. The summed E-state index contributed by atoms with van der Waals surface area (Å²) in [4.78, 5) is 13.9. The standard InChI is InChI=1S/C23H30N6/c1-18(15-19-7-5-4-6-8-19)16-28-12-9-20(17-28)21-22-23(25-11-10-24-22)29(26-21)14-13-27(2)3/h4-8,10-11,15,20H,9,12-14,16-17H2,1-3H3/b18-15+. The number of nitrogens with zero attached hydrogens (tertiary/aromatic N) is 6. The van der Waals surface area contributed by atoms with Gasteiger partial charge in [0.25, 0.3) is 0 Å². The molecule has 1 aliphatic rings. The minimum Gasteiger partial charge on any atom is -0.308 e. The zero-order valence-corrected chi connectivity index (χ0v) is 17.6. The van der Waals surface area contributed by atoms with Gasteiger partial charge in [0.2, 0.25) is 0 Å². The van der Waals surface area contributed by atoms with Crippen LogP contribution in [0.25, 0.3) is 17.2 Å². The molecule has 29 heavy (non-hydrogen) atoms. The molecule has 4 rings (SSSR count). The first-order chi connectivity index (χ1) is 14.1. The lowest BCUT2D eigenvalue weighted by molar-refractivity contribution is 0.361. The van der Waals surface area contributed by atoms with Gasteiger partial charge >= 0.3 is 0 Å². The summed E-state index contributed by atoms with van der Waals surface area (Å²) >= 11 is 0. The van der Waals surface area contributed by atoms with E-state index in [1.54, 1.807) is 12.4 Å². The number of likely N-dealkylation sites (tertiary alicyclic amines) is 1.